The second kappa shape index (κ2) is 22.9. The second-order valence-electron chi connectivity index (χ2n) is 6.69. The summed E-state index contributed by atoms with van der Waals surface area (Å²) in [5.41, 5.74) is 0. The molecule has 0 aromatic rings. The predicted octanol–water partition coefficient (Wildman–Crippen LogP) is 4.24. The van der Waals surface area contributed by atoms with E-state index in [0.29, 0.717) is 12.8 Å². The van der Waals surface area contributed by atoms with Crippen molar-refractivity contribution in [1.29, 1.82) is 0 Å². The predicted molar refractivity (Wildman–Crippen MR) is 118 cm³/mol. The largest absolute Gasteiger partial charge is 0.396 e. The molecule has 0 atom stereocenters. The molecular weight excluding hydrogens is 368 g/mol. The normalized spacial score (nSPS) is 13.9. The number of ether oxygens (including phenoxy) is 2. The van der Waals surface area contributed by atoms with Crippen molar-refractivity contribution >= 4 is 5.78 Å². The summed E-state index contributed by atoms with van der Waals surface area (Å²) in [6.07, 6.45) is 9.88. The summed E-state index contributed by atoms with van der Waals surface area (Å²) < 4.78 is 11.3. The molecule has 0 unspecified atom stereocenters. The number of carbonyl (C=O) groups is 1. The Morgan fingerprint density at radius 1 is 0.897 bits per heavy atom. The van der Waals surface area contributed by atoms with Crippen LogP contribution in [0.15, 0.2) is 0 Å². The summed E-state index contributed by atoms with van der Waals surface area (Å²) in [5.74, 6) is 10.6. The fourth-order valence-corrected chi connectivity index (χ4v) is 2.46. The van der Waals surface area contributed by atoms with E-state index in [1.54, 1.807) is 6.92 Å². The maximum atomic E-state index is 10.7. The zero-order valence-corrected chi connectivity index (χ0v) is 19.0. The van der Waals surface area contributed by atoms with Crippen LogP contribution in [0.2, 0.25) is 0 Å². The molecule has 0 aliphatic carbocycles. The van der Waals surface area contributed by atoms with Crippen molar-refractivity contribution in [1.82, 2.24) is 0 Å². The lowest BCUT2D eigenvalue weighted by molar-refractivity contribution is -0.233. The Hall–Kier alpha value is -1.37. The highest BCUT2D eigenvalue weighted by Crippen LogP contribution is 2.24. The van der Waals surface area contributed by atoms with Gasteiger partial charge in [0.1, 0.15) is 0 Å². The summed E-state index contributed by atoms with van der Waals surface area (Å²) in [7, 11) is 0. The Balaban J connectivity index is 0. The molecule has 0 amide bonds. The third-order valence-corrected chi connectivity index (χ3v) is 3.97. The molecule has 0 bridgehead atoms. The minimum atomic E-state index is -0.581. The van der Waals surface area contributed by atoms with Crippen molar-refractivity contribution in [2.45, 2.75) is 97.7 Å². The average Bonchev–Trinajstić information content (AvgIpc) is 2.71. The van der Waals surface area contributed by atoms with E-state index in [1.165, 1.54) is 12.8 Å². The van der Waals surface area contributed by atoms with Gasteiger partial charge in [-0.1, -0.05) is 45.5 Å². The van der Waals surface area contributed by atoms with Crippen LogP contribution >= 0.6 is 0 Å². The Kier molecular flexibility index (Phi) is 23.6. The third-order valence-electron chi connectivity index (χ3n) is 3.97. The summed E-state index contributed by atoms with van der Waals surface area (Å²) in [6, 6.07) is 0. The number of hydrogen-bond donors (Lipinski definition) is 2. The molecule has 5 nitrogen and oxygen atoms in total. The smallest absolute Gasteiger partial charge is 0.233 e. The monoisotopic (exact) mass is 410 g/mol. The van der Waals surface area contributed by atoms with Crippen LogP contribution in [0.25, 0.3) is 0 Å². The van der Waals surface area contributed by atoms with Crippen molar-refractivity contribution in [2.75, 3.05) is 26.4 Å². The van der Waals surface area contributed by atoms with Crippen molar-refractivity contribution in [3.63, 3.8) is 0 Å². The maximum absolute atomic E-state index is 10.7. The number of carbonyl (C=O) groups excluding carboxylic acids is 1. The van der Waals surface area contributed by atoms with Crippen LogP contribution in [0.5, 0.6) is 0 Å². The molecule has 1 saturated heterocycles. The van der Waals surface area contributed by atoms with Gasteiger partial charge < -0.3 is 19.7 Å². The number of ketones is 1. The Morgan fingerprint density at radius 3 is 1.93 bits per heavy atom. The molecule has 0 spiro atoms. The lowest BCUT2D eigenvalue weighted by atomic mass is 10.1. The van der Waals surface area contributed by atoms with Crippen molar-refractivity contribution in [3.8, 4) is 23.7 Å². The summed E-state index contributed by atoms with van der Waals surface area (Å²) in [5, 5.41) is 15.8. The van der Waals surface area contributed by atoms with Crippen LogP contribution in [-0.4, -0.2) is 48.2 Å². The number of aliphatic hydroxyl groups is 2. The van der Waals surface area contributed by atoms with Crippen LogP contribution in [0.4, 0.5) is 0 Å². The molecule has 0 aromatic heterocycles. The maximum Gasteiger partial charge on any atom is 0.233 e. The number of hydrogen-bond acceptors (Lipinski definition) is 5. The van der Waals surface area contributed by atoms with Gasteiger partial charge in [-0.05, 0) is 51.4 Å². The van der Waals surface area contributed by atoms with E-state index in [4.69, 9.17) is 19.7 Å². The SMILES string of the molecule is CC#CC(=O)CCCCC.CC#CC1(CCCCC)OCCCO1.OCCCO. The average molecular weight is 411 g/mol. The highest BCUT2D eigenvalue weighted by atomic mass is 16.7. The topological polar surface area (TPSA) is 76.0 Å². The van der Waals surface area contributed by atoms with Gasteiger partial charge >= 0.3 is 0 Å². The highest BCUT2D eigenvalue weighted by molar-refractivity contribution is 5.95. The van der Waals surface area contributed by atoms with E-state index in [2.05, 4.69) is 37.5 Å². The fourth-order valence-electron chi connectivity index (χ4n) is 2.46. The minimum Gasteiger partial charge on any atom is -0.396 e. The molecule has 1 rings (SSSR count). The van der Waals surface area contributed by atoms with Gasteiger partial charge in [0, 0.05) is 26.1 Å². The first-order chi connectivity index (χ1) is 14.1. The first-order valence-electron chi connectivity index (χ1n) is 10.9. The first kappa shape index (κ1) is 29.8. The minimum absolute atomic E-state index is 0.0796. The van der Waals surface area contributed by atoms with Crippen molar-refractivity contribution < 1.29 is 24.5 Å². The van der Waals surface area contributed by atoms with Gasteiger partial charge in [-0.25, -0.2) is 0 Å². The molecule has 0 radical (unpaired) electrons. The van der Waals surface area contributed by atoms with Gasteiger partial charge in [0.15, 0.2) is 0 Å². The number of rotatable bonds is 10. The molecule has 0 saturated carbocycles. The standard InChI is InChI=1S/C12H20O2.C9H14O.C3H8O2/c1-3-5-6-9-12(8-4-2)13-10-7-11-14-12;1-3-5-6-8-9(10)7-4-2;4-2-1-3-5/h3,5-7,9-11H2,1-2H3;3,5-6,8H2,1-2H3;4-5H,1-3H2. The molecule has 29 heavy (non-hydrogen) atoms. The van der Waals surface area contributed by atoms with Crippen LogP contribution in [-0.2, 0) is 14.3 Å². The van der Waals surface area contributed by atoms with E-state index < -0.39 is 5.79 Å². The Labute approximate surface area is 178 Å². The van der Waals surface area contributed by atoms with Crippen LogP contribution < -0.4 is 0 Å². The molecule has 2 N–H and O–H groups in total. The molecule has 1 fully saturated rings. The third kappa shape index (κ3) is 19.7. The fraction of sp³-hybridized carbons (Fsp3) is 0.792. The Morgan fingerprint density at radius 2 is 1.48 bits per heavy atom. The van der Waals surface area contributed by atoms with Crippen LogP contribution in [0.1, 0.15) is 91.9 Å². The zero-order chi connectivity index (χ0) is 22.2. The van der Waals surface area contributed by atoms with Crippen LogP contribution in [0.3, 0.4) is 0 Å². The van der Waals surface area contributed by atoms with E-state index in [1.807, 2.05) is 6.92 Å². The molecule has 0 aromatic carbocycles. The van der Waals surface area contributed by atoms with E-state index in [9.17, 15) is 4.79 Å². The highest BCUT2D eigenvalue weighted by Gasteiger charge is 2.31. The Bertz CT molecular complexity index is 485. The van der Waals surface area contributed by atoms with Crippen molar-refractivity contribution in [3.05, 3.63) is 0 Å². The van der Waals surface area contributed by atoms with E-state index in [-0.39, 0.29) is 19.0 Å². The van der Waals surface area contributed by atoms with Gasteiger partial charge in [-0.2, -0.15) is 0 Å². The van der Waals surface area contributed by atoms with E-state index in [0.717, 1.165) is 51.7 Å². The van der Waals surface area contributed by atoms with Gasteiger partial charge in [0.25, 0.3) is 0 Å². The number of Topliss-reactive ketones (excluding diaryl/α,β-unsaturated/α-hetero) is 1. The summed E-state index contributed by atoms with van der Waals surface area (Å²) >= 11 is 0. The second-order valence-corrected chi connectivity index (χ2v) is 6.69. The number of aliphatic hydroxyl groups excluding tert-OH is 2. The quantitative estimate of drug-likeness (QED) is 0.320. The van der Waals surface area contributed by atoms with Crippen LogP contribution in [0, 0.1) is 23.7 Å². The number of unbranched alkanes of at least 4 members (excludes halogenated alkanes) is 4. The van der Waals surface area contributed by atoms with Gasteiger partial charge in [-0.15, -0.1) is 5.92 Å². The van der Waals surface area contributed by atoms with Gasteiger partial charge in [0.2, 0.25) is 11.6 Å². The lowest BCUT2D eigenvalue weighted by Gasteiger charge is -2.32. The summed E-state index contributed by atoms with van der Waals surface area (Å²) in [4.78, 5) is 10.7. The van der Waals surface area contributed by atoms with Gasteiger partial charge in [-0.3, -0.25) is 4.79 Å². The molecule has 1 aliphatic heterocycles. The lowest BCUT2D eigenvalue weighted by Crippen LogP contribution is -2.39. The zero-order valence-electron chi connectivity index (χ0n) is 19.0. The molecule has 168 valence electrons. The summed E-state index contributed by atoms with van der Waals surface area (Å²) in [6.45, 7) is 9.59. The molecule has 1 heterocycles. The van der Waals surface area contributed by atoms with Gasteiger partial charge in [0.05, 0.1) is 13.2 Å². The van der Waals surface area contributed by atoms with E-state index >= 15 is 0 Å². The molecular formula is C24H42O5. The van der Waals surface area contributed by atoms with Crippen molar-refractivity contribution in [2.24, 2.45) is 0 Å². The molecule has 1 aliphatic rings. The first-order valence-corrected chi connectivity index (χ1v) is 10.9. The molecule has 5 heteroatoms.